The van der Waals surface area contributed by atoms with Gasteiger partial charge in [0, 0.05) is 17.2 Å². The van der Waals surface area contributed by atoms with Gasteiger partial charge in [0.05, 0.1) is 18.8 Å². The Bertz CT molecular complexity index is 508. The van der Waals surface area contributed by atoms with Crippen LogP contribution in [0.15, 0.2) is 22.7 Å². The van der Waals surface area contributed by atoms with Crippen LogP contribution in [-0.4, -0.2) is 43.4 Å². The van der Waals surface area contributed by atoms with E-state index in [2.05, 4.69) is 26.6 Å². The zero-order chi connectivity index (χ0) is 15.8. The summed E-state index contributed by atoms with van der Waals surface area (Å²) >= 11 is 3.35. The second kappa shape index (κ2) is 8.63. The van der Waals surface area contributed by atoms with Gasteiger partial charge in [0.2, 0.25) is 11.8 Å². The molecule has 7 heteroatoms. The SMILES string of the molecule is CCCN(CC(=O)NC)CC(=O)Nc1ccc(N)cc1Br. The molecule has 0 aromatic heterocycles. The van der Waals surface area contributed by atoms with E-state index >= 15 is 0 Å². The van der Waals surface area contributed by atoms with Crippen LogP contribution in [0.2, 0.25) is 0 Å². The van der Waals surface area contributed by atoms with Gasteiger partial charge in [-0.1, -0.05) is 6.92 Å². The molecule has 0 saturated carbocycles. The Kier molecular flexibility index (Phi) is 7.18. The van der Waals surface area contributed by atoms with Crippen LogP contribution in [0.1, 0.15) is 13.3 Å². The molecule has 6 nitrogen and oxygen atoms in total. The molecule has 116 valence electrons. The summed E-state index contributed by atoms with van der Waals surface area (Å²) in [5.74, 6) is -0.275. The van der Waals surface area contributed by atoms with E-state index < -0.39 is 0 Å². The van der Waals surface area contributed by atoms with E-state index in [-0.39, 0.29) is 24.9 Å². The predicted molar refractivity (Wildman–Crippen MR) is 88.0 cm³/mol. The Hall–Kier alpha value is -1.60. The van der Waals surface area contributed by atoms with Gasteiger partial charge in [-0.3, -0.25) is 14.5 Å². The molecule has 0 unspecified atom stereocenters. The van der Waals surface area contributed by atoms with Crippen molar-refractivity contribution in [2.24, 2.45) is 0 Å². The zero-order valence-corrected chi connectivity index (χ0v) is 13.9. The van der Waals surface area contributed by atoms with Gasteiger partial charge in [0.15, 0.2) is 0 Å². The summed E-state index contributed by atoms with van der Waals surface area (Å²) in [4.78, 5) is 25.3. The van der Waals surface area contributed by atoms with Gasteiger partial charge in [-0.15, -0.1) is 0 Å². The van der Waals surface area contributed by atoms with Gasteiger partial charge in [0.1, 0.15) is 0 Å². The standard InChI is InChI=1S/C14H21BrN4O2/c1-3-6-19(8-13(20)17-2)9-14(21)18-12-5-4-10(16)7-11(12)15/h4-5,7H,3,6,8-9,16H2,1-2H3,(H,17,20)(H,18,21). The first-order chi connectivity index (χ1) is 9.96. The average molecular weight is 357 g/mol. The minimum absolute atomic E-state index is 0.107. The molecule has 2 amide bonds. The van der Waals surface area contributed by atoms with Crippen LogP contribution in [0.5, 0.6) is 0 Å². The number of nitrogens with zero attached hydrogens (tertiary/aromatic N) is 1. The lowest BCUT2D eigenvalue weighted by Crippen LogP contribution is -2.40. The third kappa shape index (κ3) is 6.14. The van der Waals surface area contributed by atoms with Gasteiger partial charge in [-0.25, -0.2) is 0 Å². The predicted octanol–water partition coefficient (Wildman–Crippen LogP) is 1.43. The molecule has 0 spiro atoms. The minimum atomic E-state index is -0.169. The first kappa shape index (κ1) is 17.5. The van der Waals surface area contributed by atoms with Crippen LogP contribution >= 0.6 is 15.9 Å². The summed E-state index contributed by atoms with van der Waals surface area (Å²) in [5.41, 5.74) is 6.93. The number of likely N-dealkylation sites (N-methyl/N-ethyl adjacent to an activating group) is 1. The monoisotopic (exact) mass is 356 g/mol. The highest BCUT2D eigenvalue weighted by molar-refractivity contribution is 9.10. The maximum absolute atomic E-state index is 12.1. The van der Waals surface area contributed by atoms with Crippen molar-refractivity contribution in [1.29, 1.82) is 0 Å². The second-order valence-corrected chi connectivity index (χ2v) is 5.53. The number of nitrogens with one attached hydrogen (secondary N) is 2. The van der Waals surface area contributed by atoms with Crippen molar-refractivity contribution in [2.75, 3.05) is 37.7 Å². The second-order valence-electron chi connectivity index (χ2n) is 4.67. The van der Waals surface area contributed by atoms with Crippen LogP contribution in [0.3, 0.4) is 0 Å². The summed E-state index contributed by atoms with van der Waals surface area (Å²) < 4.78 is 0.726. The third-order valence-electron chi connectivity index (χ3n) is 2.82. The van der Waals surface area contributed by atoms with E-state index in [0.717, 1.165) is 10.9 Å². The van der Waals surface area contributed by atoms with E-state index in [4.69, 9.17) is 5.73 Å². The Morgan fingerprint density at radius 3 is 2.52 bits per heavy atom. The van der Waals surface area contributed by atoms with Gasteiger partial charge in [-0.2, -0.15) is 0 Å². The normalized spacial score (nSPS) is 10.5. The number of hydrogen-bond donors (Lipinski definition) is 3. The maximum Gasteiger partial charge on any atom is 0.238 e. The topological polar surface area (TPSA) is 87.5 Å². The number of nitrogen functional groups attached to an aromatic ring is 1. The zero-order valence-electron chi connectivity index (χ0n) is 12.3. The molecule has 1 aromatic rings. The van der Waals surface area contributed by atoms with Crippen molar-refractivity contribution < 1.29 is 9.59 Å². The Balaban J connectivity index is 2.62. The number of halogens is 1. The molecule has 0 bridgehead atoms. The number of hydrogen-bond acceptors (Lipinski definition) is 4. The summed E-state index contributed by atoms with van der Waals surface area (Å²) in [6.07, 6.45) is 0.871. The van der Waals surface area contributed by atoms with Gasteiger partial charge < -0.3 is 16.4 Å². The summed E-state index contributed by atoms with van der Waals surface area (Å²) in [7, 11) is 1.58. The fraction of sp³-hybridized carbons (Fsp3) is 0.429. The number of anilines is 2. The van der Waals surface area contributed by atoms with E-state index in [1.807, 2.05) is 6.92 Å². The van der Waals surface area contributed by atoms with Gasteiger partial charge in [0.25, 0.3) is 0 Å². The lowest BCUT2D eigenvalue weighted by molar-refractivity contribution is -0.123. The molecule has 1 aromatic carbocycles. The van der Waals surface area contributed by atoms with E-state index in [1.54, 1.807) is 30.1 Å². The highest BCUT2D eigenvalue weighted by Crippen LogP contribution is 2.24. The molecule has 0 aliphatic rings. The molecular formula is C14H21BrN4O2. The van der Waals surface area contributed by atoms with Crippen molar-refractivity contribution in [2.45, 2.75) is 13.3 Å². The molecule has 0 heterocycles. The van der Waals surface area contributed by atoms with Crippen LogP contribution in [0, 0.1) is 0 Å². The molecule has 0 radical (unpaired) electrons. The van der Waals surface area contributed by atoms with Crippen molar-refractivity contribution in [3.05, 3.63) is 22.7 Å². The number of nitrogens with two attached hydrogens (primary N) is 1. The van der Waals surface area contributed by atoms with Crippen LogP contribution < -0.4 is 16.4 Å². The summed E-state index contributed by atoms with van der Waals surface area (Å²) in [6.45, 7) is 3.06. The molecule has 0 aliphatic carbocycles. The quantitative estimate of drug-likeness (QED) is 0.645. The fourth-order valence-corrected chi connectivity index (χ4v) is 2.33. The molecule has 0 fully saturated rings. The largest absolute Gasteiger partial charge is 0.399 e. The number of carbonyl (C=O) groups is 2. The van der Waals surface area contributed by atoms with Crippen LogP contribution in [-0.2, 0) is 9.59 Å². The van der Waals surface area contributed by atoms with Crippen molar-refractivity contribution in [3.8, 4) is 0 Å². The molecule has 0 aliphatic heterocycles. The third-order valence-corrected chi connectivity index (χ3v) is 3.48. The molecule has 1 rings (SSSR count). The fourth-order valence-electron chi connectivity index (χ4n) is 1.84. The van der Waals surface area contributed by atoms with Crippen molar-refractivity contribution in [3.63, 3.8) is 0 Å². The highest BCUT2D eigenvalue weighted by Gasteiger charge is 2.14. The van der Waals surface area contributed by atoms with Crippen molar-refractivity contribution >= 4 is 39.1 Å². The van der Waals surface area contributed by atoms with E-state index in [0.29, 0.717) is 17.9 Å². The minimum Gasteiger partial charge on any atom is -0.399 e. The Labute approximate surface area is 133 Å². The Morgan fingerprint density at radius 2 is 1.95 bits per heavy atom. The van der Waals surface area contributed by atoms with Crippen LogP contribution in [0.25, 0.3) is 0 Å². The maximum atomic E-state index is 12.1. The lowest BCUT2D eigenvalue weighted by atomic mass is 10.3. The Morgan fingerprint density at radius 1 is 1.29 bits per heavy atom. The number of benzene rings is 1. The summed E-state index contributed by atoms with van der Waals surface area (Å²) in [6, 6.07) is 5.18. The van der Waals surface area contributed by atoms with E-state index in [1.165, 1.54) is 0 Å². The summed E-state index contributed by atoms with van der Waals surface area (Å²) in [5, 5.41) is 5.36. The molecule has 0 atom stereocenters. The lowest BCUT2D eigenvalue weighted by Gasteiger charge is -2.20. The molecular weight excluding hydrogens is 336 g/mol. The van der Waals surface area contributed by atoms with Crippen LogP contribution in [0.4, 0.5) is 11.4 Å². The number of carbonyl (C=O) groups excluding carboxylic acids is 2. The molecule has 21 heavy (non-hydrogen) atoms. The van der Waals surface area contributed by atoms with Crippen molar-refractivity contribution in [1.82, 2.24) is 10.2 Å². The van der Waals surface area contributed by atoms with E-state index in [9.17, 15) is 9.59 Å². The number of rotatable bonds is 7. The average Bonchev–Trinajstić information content (AvgIpc) is 2.42. The first-order valence-corrected chi connectivity index (χ1v) is 7.53. The van der Waals surface area contributed by atoms with Gasteiger partial charge in [-0.05, 0) is 47.1 Å². The molecule has 4 N–H and O–H groups in total. The van der Waals surface area contributed by atoms with Gasteiger partial charge >= 0.3 is 0 Å². The highest BCUT2D eigenvalue weighted by atomic mass is 79.9. The smallest absolute Gasteiger partial charge is 0.238 e. The molecule has 0 saturated heterocycles. The first-order valence-electron chi connectivity index (χ1n) is 6.74. The number of amides is 2.